The van der Waals surface area contributed by atoms with E-state index in [4.69, 9.17) is 9.72 Å². The van der Waals surface area contributed by atoms with Gasteiger partial charge in [0.25, 0.3) is 0 Å². The van der Waals surface area contributed by atoms with Crippen molar-refractivity contribution in [3.8, 4) is 16.5 Å². The average Bonchev–Trinajstić information content (AvgIpc) is 3.28. The van der Waals surface area contributed by atoms with Gasteiger partial charge in [0, 0.05) is 11.5 Å². The fraction of sp³-hybridized carbons (Fsp3) is 0.367. The molecule has 2 aromatic carbocycles. The molecule has 4 rings (SSSR count). The lowest BCUT2D eigenvalue weighted by Gasteiger charge is -2.12. The number of nitrogens with zero attached hydrogens (tertiary/aromatic N) is 2. The minimum atomic E-state index is 0. The van der Waals surface area contributed by atoms with Gasteiger partial charge in [-0.25, -0.2) is 9.97 Å². The molecule has 0 saturated carbocycles. The highest BCUT2D eigenvalue weighted by Gasteiger charge is 2.14. The topological polar surface area (TPSA) is 52.1 Å². The van der Waals surface area contributed by atoms with Crippen molar-refractivity contribution in [1.29, 1.82) is 0 Å². The maximum Gasteiger partial charge on any atom is 0.242 e. The van der Waals surface area contributed by atoms with Crippen molar-refractivity contribution in [2.45, 2.75) is 70.9 Å². The van der Waals surface area contributed by atoms with Crippen LogP contribution in [-0.2, 0) is 0 Å². The Hall–Kier alpha value is -3.05. The monoisotopic (exact) mass is 498 g/mol. The van der Waals surface area contributed by atoms with Crippen molar-refractivity contribution in [2.75, 3.05) is 0 Å². The molecule has 2 heterocycles. The van der Waals surface area contributed by atoms with E-state index in [1.165, 1.54) is 0 Å². The van der Waals surface area contributed by atoms with E-state index in [0.717, 1.165) is 27.2 Å². The van der Waals surface area contributed by atoms with Gasteiger partial charge in [-0.05, 0) is 37.4 Å². The van der Waals surface area contributed by atoms with E-state index in [1.807, 2.05) is 99.8 Å². The number of carbonyl (C=O) groups is 1. The predicted molar refractivity (Wildman–Crippen MR) is 158 cm³/mol. The van der Waals surface area contributed by atoms with Crippen LogP contribution in [0.15, 0.2) is 72.1 Å². The van der Waals surface area contributed by atoms with Gasteiger partial charge in [-0.1, -0.05) is 99.5 Å². The van der Waals surface area contributed by atoms with Gasteiger partial charge in [-0.15, -0.1) is 11.3 Å². The fourth-order valence-corrected chi connectivity index (χ4v) is 3.50. The molecule has 35 heavy (non-hydrogen) atoms. The first-order valence-electron chi connectivity index (χ1n) is 10.0. The van der Waals surface area contributed by atoms with Crippen LogP contribution >= 0.6 is 11.3 Å². The van der Waals surface area contributed by atoms with Crippen molar-refractivity contribution in [1.82, 2.24) is 9.97 Å². The summed E-state index contributed by atoms with van der Waals surface area (Å²) >= 11 is 1.64. The van der Waals surface area contributed by atoms with Gasteiger partial charge in [-0.2, -0.15) is 0 Å². The fourth-order valence-electron chi connectivity index (χ4n) is 2.80. The Bertz CT molecular complexity index is 1090. The van der Waals surface area contributed by atoms with Crippen molar-refractivity contribution >= 4 is 28.2 Å². The summed E-state index contributed by atoms with van der Waals surface area (Å²) < 4.78 is 5.81. The second-order valence-electron chi connectivity index (χ2n) is 7.39. The predicted octanol–water partition coefficient (Wildman–Crippen LogP) is 9.85. The number of hydrogen-bond acceptors (Lipinski definition) is 5. The smallest absolute Gasteiger partial charge is 0.242 e. The van der Waals surface area contributed by atoms with Crippen LogP contribution in [0.25, 0.3) is 21.6 Å². The molecule has 0 fully saturated rings. The van der Waals surface area contributed by atoms with Crippen LogP contribution < -0.4 is 4.74 Å². The number of carbonyl (C=O) groups excluding carboxylic acids is 1. The standard InChI is InChI=1S/C15H14N2OS.C10H12O.5CH4/c1-10(2)18-15-14(13-8-5-9-19-13)16-11-6-3-4-7-12(11)17-15;1-8(2)10(11)9-6-4-3-5-7-9;;;;;/h3-10H,1-2H3;3-8H,1-2H3;5*1H4. The van der Waals surface area contributed by atoms with Crippen LogP contribution in [0.1, 0.15) is 75.2 Å². The van der Waals surface area contributed by atoms with Crippen molar-refractivity contribution in [2.24, 2.45) is 5.92 Å². The zero-order chi connectivity index (χ0) is 21.5. The minimum Gasteiger partial charge on any atom is -0.473 e. The Morgan fingerprint density at radius 2 is 1.29 bits per heavy atom. The van der Waals surface area contributed by atoms with E-state index in [9.17, 15) is 4.79 Å². The van der Waals surface area contributed by atoms with Gasteiger partial charge in [0.1, 0.15) is 5.69 Å². The Morgan fingerprint density at radius 3 is 1.77 bits per heavy atom. The van der Waals surface area contributed by atoms with Crippen molar-refractivity contribution < 1.29 is 9.53 Å². The molecule has 0 unspecified atom stereocenters. The molecule has 0 atom stereocenters. The highest BCUT2D eigenvalue weighted by atomic mass is 32.1. The number of para-hydroxylation sites is 2. The molecule has 0 bridgehead atoms. The number of ketones is 1. The van der Waals surface area contributed by atoms with Gasteiger partial charge >= 0.3 is 0 Å². The summed E-state index contributed by atoms with van der Waals surface area (Å²) in [5.41, 5.74) is 3.38. The normalized spacial score (nSPS) is 9.20. The maximum atomic E-state index is 11.3. The summed E-state index contributed by atoms with van der Waals surface area (Å²) in [6.45, 7) is 7.81. The number of aromatic nitrogens is 2. The second kappa shape index (κ2) is 17.4. The van der Waals surface area contributed by atoms with Crippen LogP contribution in [0.4, 0.5) is 0 Å². The highest BCUT2D eigenvalue weighted by molar-refractivity contribution is 7.13. The minimum absolute atomic E-state index is 0. The van der Waals surface area contributed by atoms with Crippen LogP contribution in [-0.4, -0.2) is 21.9 Å². The third kappa shape index (κ3) is 9.99. The molecule has 0 N–H and O–H groups in total. The molecule has 0 amide bonds. The molecule has 5 heteroatoms. The molecule has 0 aliphatic carbocycles. The second-order valence-corrected chi connectivity index (χ2v) is 8.34. The van der Waals surface area contributed by atoms with Gasteiger partial charge in [0.2, 0.25) is 5.88 Å². The quantitative estimate of drug-likeness (QED) is 0.257. The molecule has 4 nitrogen and oxygen atoms in total. The SMILES string of the molecule is C.C.C.C.C.CC(C)C(=O)c1ccccc1.CC(C)Oc1nc2ccccc2nc1-c1cccs1. The van der Waals surface area contributed by atoms with Gasteiger partial charge in [0.15, 0.2) is 5.78 Å². The summed E-state index contributed by atoms with van der Waals surface area (Å²) in [6, 6.07) is 21.3. The molecule has 4 aromatic rings. The Morgan fingerprint density at radius 1 is 0.743 bits per heavy atom. The van der Waals surface area contributed by atoms with Crippen molar-refractivity contribution in [3.05, 3.63) is 77.7 Å². The Balaban J connectivity index is -0.000000567. The summed E-state index contributed by atoms with van der Waals surface area (Å²) in [4.78, 5) is 21.7. The van der Waals surface area contributed by atoms with E-state index in [0.29, 0.717) is 5.88 Å². The molecular weight excluding hydrogens is 452 g/mol. The van der Waals surface area contributed by atoms with Crippen LogP contribution in [0.2, 0.25) is 0 Å². The summed E-state index contributed by atoms with van der Waals surface area (Å²) in [6.07, 6.45) is 0.0779. The van der Waals surface area contributed by atoms with Crippen LogP contribution in [0.3, 0.4) is 0 Å². The first-order chi connectivity index (χ1) is 14.5. The molecule has 194 valence electrons. The first kappa shape index (κ1) is 36.5. The number of ether oxygens (including phenoxy) is 1. The van der Waals surface area contributed by atoms with E-state index in [-0.39, 0.29) is 54.9 Å². The third-order valence-corrected chi connectivity index (χ3v) is 5.10. The molecule has 0 spiro atoms. The maximum absolute atomic E-state index is 11.3. The summed E-state index contributed by atoms with van der Waals surface area (Å²) in [5.74, 6) is 0.916. The van der Waals surface area contributed by atoms with E-state index in [1.54, 1.807) is 11.3 Å². The number of fused-ring (bicyclic) bond motifs is 1. The summed E-state index contributed by atoms with van der Waals surface area (Å²) in [7, 11) is 0. The largest absolute Gasteiger partial charge is 0.473 e. The lowest BCUT2D eigenvalue weighted by atomic mass is 10.0. The van der Waals surface area contributed by atoms with Crippen LogP contribution in [0.5, 0.6) is 5.88 Å². The zero-order valence-corrected chi connectivity index (χ0v) is 18.5. The number of benzene rings is 2. The van der Waals surface area contributed by atoms with Gasteiger partial charge in [0.05, 0.1) is 22.0 Å². The number of hydrogen-bond donors (Lipinski definition) is 0. The van der Waals surface area contributed by atoms with E-state index in [2.05, 4.69) is 4.98 Å². The Kier molecular flexibility index (Phi) is 18.1. The third-order valence-electron chi connectivity index (χ3n) is 4.22. The van der Waals surface area contributed by atoms with Gasteiger partial charge in [-0.3, -0.25) is 4.79 Å². The molecule has 0 aliphatic heterocycles. The molecule has 0 radical (unpaired) electrons. The molecule has 2 aromatic heterocycles. The van der Waals surface area contributed by atoms with Crippen LogP contribution in [0, 0.1) is 5.92 Å². The first-order valence-corrected chi connectivity index (χ1v) is 10.9. The molecule has 0 aliphatic rings. The van der Waals surface area contributed by atoms with Gasteiger partial charge < -0.3 is 4.74 Å². The average molecular weight is 499 g/mol. The number of thiophene rings is 1. The number of Topliss-reactive ketones (excluding diaryl/α,β-unsaturated/α-hetero) is 1. The lowest BCUT2D eigenvalue weighted by Crippen LogP contribution is -2.08. The van der Waals surface area contributed by atoms with E-state index >= 15 is 0 Å². The highest BCUT2D eigenvalue weighted by Crippen LogP contribution is 2.32. The summed E-state index contributed by atoms with van der Waals surface area (Å²) in [5, 5.41) is 2.03. The van der Waals surface area contributed by atoms with E-state index < -0.39 is 0 Å². The Labute approximate surface area is 218 Å². The number of rotatable bonds is 5. The lowest BCUT2D eigenvalue weighted by molar-refractivity contribution is 0.0939. The molecule has 0 saturated heterocycles. The molecular formula is C30H46N2O2S. The van der Waals surface area contributed by atoms with Crippen molar-refractivity contribution in [3.63, 3.8) is 0 Å². The zero-order valence-electron chi connectivity index (χ0n) is 17.7.